The quantitative estimate of drug-likeness (QED) is 0.420. The Balaban J connectivity index is 2.60. The zero-order valence-corrected chi connectivity index (χ0v) is 12.5. The van der Waals surface area contributed by atoms with Gasteiger partial charge >= 0.3 is 0 Å². The van der Waals surface area contributed by atoms with Gasteiger partial charge in [-0.05, 0) is 44.8 Å². The van der Waals surface area contributed by atoms with Crippen LogP contribution in [0, 0.1) is 11.3 Å². The van der Waals surface area contributed by atoms with Crippen LogP contribution in [0.5, 0.6) is 0 Å². The van der Waals surface area contributed by atoms with E-state index in [0.717, 1.165) is 24.2 Å². The molecule has 0 aromatic carbocycles. The predicted octanol–water partition coefficient (Wildman–Crippen LogP) is 1.68. The second-order valence-electron chi connectivity index (χ2n) is 4.98. The van der Waals surface area contributed by atoms with Gasteiger partial charge in [0.1, 0.15) is 5.84 Å². The van der Waals surface area contributed by atoms with E-state index < -0.39 is 0 Å². The Bertz CT molecular complexity index is 467. The molecule has 5 heteroatoms. The van der Waals surface area contributed by atoms with Crippen molar-refractivity contribution >= 4 is 11.5 Å². The van der Waals surface area contributed by atoms with E-state index in [1.54, 1.807) is 19.2 Å². The number of hydrogen-bond acceptors (Lipinski definition) is 4. The molecular formula is C15H25N5. The largest absolute Gasteiger partial charge is 0.402 e. The molecule has 0 spiro atoms. The van der Waals surface area contributed by atoms with Crippen molar-refractivity contribution in [3.63, 3.8) is 0 Å². The van der Waals surface area contributed by atoms with Crippen LogP contribution in [0.4, 0.5) is 0 Å². The predicted molar refractivity (Wildman–Crippen MR) is 85.8 cm³/mol. The van der Waals surface area contributed by atoms with E-state index in [0.29, 0.717) is 17.5 Å². The molecule has 1 unspecified atom stereocenters. The molecule has 0 aliphatic heterocycles. The lowest BCUT2D eigenvalue weighted by Crippen LogP contribution is -2.28. The van der Waals surface area contributed by atoms with E-state index >= 15 is 0 Å². The SMILES string of the molecule is C/C=C(\NC(C)/C=C\C(N)=NC)C(=N)/C=C(\N)C1CC1. The number of nitrogens with two attached hydrogens (primary N) is 2. The van der Waals surface area contributed by atoms with Gasteiger partial charge in [0, 0.05) is 18.8 Å². The highest BCUT2D eigenvalue weighted by molar-refractivity contribution is 6.06. The van der Waals surface area contributed by atoms with Gasteiger partial charge in [0.05, 0.1) is 11.4 Å². The maximum Gasteiger partial charge on any atom is 0.117 e. The topological polar surface area (TPSA) is 100 Å². The maximum atomic E-state index is 8.08. The lowest BCUT2D eigenvalue weighted by atomic mass is 10.1. The number of nitrogens with one attached hydrogen (secondary N) is 2. The third-order valence-corrected chi connectivity index (χ3v) is 3.14. The normalized spacial score (nSPS) is 19.2. The summed E-state index contributed by atoms with van der Waals surface area (Å²) in [5.41, 5.74) is 13.5. The van der Waals surface area contributed by atoms with Crippen LogP contribution in [0.15, 0.2) is 40.7 Å². The van der Waals surface area contributed by atoms with Gasteiger partial charge in [0.2, 0.25) is 0 Å². The van der Waals surface area contributed by atoms with Gasteiger partial charge < -0.3 is 16.8 Å². The number of allylic oxidation sites excluding steroid dienone is 3. The Labute approximate surface area is 121 Å². The van der Waals surface area contributed by atoms with E-state index in [2.05, 4.69) is 10.3 Å². The van der Waals surface area contributed by atoms with Gasteiger partial charge in [0.15, 0.2) is 0 Å². The highest BCUT2D eigenvalue weighted by atomic mass is 14.9. The van der Waals surface area contributed by atoms with Gasteiger partial charge in [-0.15, -0.1) is 0 Å². The van der Waals surface area contributed by atoms with E-state index in [-0.39, 0.29) is 6.04 Å². The Morgan fingerprint density at radius 2 is 2.05 bits per heavy atom. The second-order valence-corrected chi connectivity index (χ2v) is 4.98. The van der Waals surface area contributed by atoms with Crippen molar-refractivity contribution in [2.75, 3.05) is 7.05 Å². The molecule has 0 radical (unpaired) electrons. The van der Waals surface area contributed by atoms with Crippen molar-refractivity contribution in [3.8, 4) is 0 Å². The summed E-state index contributed by atoms with van der Waals surface area (Å²) >= 11 is 0. The van der Waals surface area contributed by atoms with E-state index in [1.807, 2.05) is 26.0 Å². The van der Waals surface area contributed by atoms with Crippen LogP contribution in [0.2, 0.25) is 0 Å². The van der Waals surface area contributed by atoms with Crippen LogP contribution in [0.1, 0.15) is 26.7 Å². The minimum atomic E-state index is 0.0531. The minimum absolute atomic E-state index is 0.0531. The molecule has 0 saturated heterocycles. The highest BCUT2D eigenvalue weighted by Gasteiger charge is 2.24. The molecule has 0 heterocycles. The fraction of sp³-hybridized carbons (Fsp3) is 0.467. The summed E-state index contributed by atoms with van der Waals surface area (Å²) in [5.74, 6) is 0.958. The number of hydrogen-bond donors (Lipinski definition) is 4. The van der Waals surface area contributed by atoms with Gasteiger partial charge in [-0.2, -0.15) is 0 Å². The van der Waals surface area contributed by atoms with Crippen LogP contribution in [-0.2, 0) is 0 Å². The average molecular weight is 275 g/mol. The Hall–Kier alpha value is -2.04. The molecule has 110 valence electrons. The molecule has 20 heavy (non-hydrogen) atoms. The molecule has 1 rings (SSSR count). The fourth-order valence-corrected chi connectivity index (χ4v) is 1.71. The first-order valence-electron chi connectivity index (χ1n) is 6.87. The van der Waals surface area contributed by atoms with Gasteiger partial charge in [-0.3, -0.25) is 10.4 Å². The first-order valence-corrected chi connectivity index (χ1v) is 6.87. The second kappa shape index (κ2) is 7.53. The molecule has 0 bridgehead atoms. The molecule has 1 aliphatic rings. The Morgan fingerprint density at radius 3 is 2.55 bits per heavy atom. The summed E-state index contributed by atoms with van der Waals surface area (Å²) < 4.78 is 0. The molecule has 1 saturated carbocycles. The van der Waals surface area contributed by atoms with Crippen LogP contribution in [0.25, 0.3) is 0 Å². The van der Waals surface area contributed by atoms with Crippen molar-refractivity contribution in [2.45, 2.75) is 32.7 Å². The monoisotopic (exact) mass is 275 g/mol. The number of rotatable bonds is 7. The third kappa shape index (κ3) is 5.30. The number of aliphatic imine (C=N–C) groups is 1. The zero-order chi connectivity index (χ0) is 15.1. The molecular weight excluding hydrogens is 250 g/mol. The number of amidine groups is 1. The minimum Gasteiger partial charge on any atom is -0.402 e. The molecule has 0 aromatic heterocycles. The molecule has 0 amide bonds. The summed E-state index contributed by atoms with van der Waals surface area (Å²) in [6, 6.07) is 0.0531. The molecule has 0 aromatic rings. The van der Waals surface area contributed by atoms with Crippen LogP contribution in [-0.4, -0.2) is 24.6 Å². The Kier molecular flexibility index (Phi) is 6.03. The fourth-order valence-electron chi connectivity index (χ4n) is 1.71. The maximum absolute atomic E-state index is 8.08. The summed E-state index contributed by atoms with van der Waals surface area (Å²) in [4.78, 5) is 3.86. The molecule has 1 fully saturated rings. The first kappa shape index (κ1) is 16.0. The Morgan fingerprint density at radius 1 is 1.40 bits per heavy atom. The van der Waals surface area contributed by atoms with E-state index in [1.165, 1.54) is 0 Å². The highest BCUT2D eigenvalue weighted by Crippen LogP contribution is 2.33. The van der Waals surface area contributed by atoms with Crippen LogP contribution in [0.3, 0.4) is 0 Å². The third-order valence-electron chi connectivity index (χ3n) is 3.14. The summed E-state index contributed by atoms with van der Waals surface area (Å²) in [7, 11) is 1.65. The smallest absolute Gasteiger partial charge is 0.117 e. The van der Waals surface area contributed by atoms with E-state index in [4.69, 9.17) is 16.9 Å². The lowest BCUT2D eigenvalue weighted by molar-refractivity contribution is 0.749. The van der Waals surface area contributed by atoms with Gasteiger partial charge in [0.25, 0.3) is 0 Å². The van der Waals surface area contributed by atoms with E-state index in [9.17, 15) is 0 Å². The first-order chi connectivity index (χ1) is 9.47. The summed E-state index contributed by atoms with van der Waals surface area (Å²) in [6.07, 6.45) is 9.57. The standard InChI is InChI=1S/C15H25N5/c1-4-14(13(17)9-12(16)11-6-7-11)20-10(2)5-8-15(18)19-3/h4-5,8-11,17,20H,6-7,16H2,1-3H3,(H2,18,19)/b8-5-,12-9-,14-4-,17-13?. The van der Waals surface area contributed by atoms with Crippen molar-refractivity contribution in [1.29, 1.82) is 5.41 Å². The molecule has 1 atom stereocenters. The molecule has 5 nitrogen and oxygen atoms in total. The summed E-state index contributed by atoms with van der Waals surface area (Å²) in [6.45, 7) is 3.89. The lowest BCUT2D eigenvalue weighted by Gasteiger charge is -2.14. The molecule has 1 aliphatic carbocycles. The van der Waals surface area contributed by atoms with Crippen molar-refractivity contribution in [1.82, 2.24) is 5.32 Å². The van der Waals surface area contributed by atoms with Crippen LogP contribution < -0.4 is 16.8 Å². The average Bonchev–Trinajstić information content (AvgIpc) is 3.26. The molecule has 6 N–H and O–H groups in total. The van der Waals surface area contributed by atoms with Crippen molar-refractivity contribution < 1.29 is 0 Å². The van der Waals surface area contributed by atoms with Crippen molar-refractivity contribution in [2.24, 2.45) is 22.4 Å². The number of nitrogens with zero attached hydrogens (tertiary/aromatic N) is 1. The van der Waals surface area contributed by atoms with Gasteiger partial charge in [-0.25, -0.2) is 0 Å². The van der Waals surface area contributed by atoms with Crippen LogP contribution >= 0.6 is 0 Å². The summed E-state index contributed by atoms with van der Waals surface area (Å²) in [5, 5.41) is 11.3. The van der Waals surface area contributed by atoms with Crippen molar-refractivity contribution in [3.05, 3.63) is 35.7 Å². The zero-order valence-electron chi connectivity index (χ0n) is 12.5. The van der Waals surface area contributed by atoms with Gasteiger partial charge in [-0.1, -0.05) is 12.2 Å².